The van der Waals surface area contributed by atoms with Gasteiger partial charge in [0.15, 0.2) is 11.6 Å². The maximum atomic E-state index is 5.37. The Morgan fingerprint density at radius 3 is 2.76 bits per heavy atom. The molecule has 0 saturated heterocycles. The number of benzene rings is 1. The molecule has 1 heterocycles. The highest BCUT2D eigenvalue weighted by Crippen LogP contribution is 2.26. The summed E-state index contributed by atoms with van der Waals surface area (Å²) in [5.41, 5.74) is 0.966. The predicted octanol–water partition coefficient (Wildman–Crippen LogP) is 3.11. The molecule has 0 amide bonds. The normalized spacial score (nSPS) is 10.8. The number of ether oxygens (including phenoxy) is 2. The largest absolute Gasteiger partial charge is 0.497 e. The van der Waals surface area contributed by atoms with Crippen molar-refractivity contribution in [3.63, 3.8) is 0 Å². The minimum atomic E-state index is 0.694. The quantitative estimate of drug-likeness (QED) is 0.607. The Morgan fingerprint density at radius 2 is 2.10 bits per heavy atom. The molecule has 0 aliphatic carbocycles. The highest BCUT2D eigenvalue weighted by Gasteiger charge is 2.13. The Hall–Kier alpha value is -2.14. The first-order valence-electron chi connectivity index (χ1n) is 6.56. The fourth-order valence-electron chi connectivity index (χ4n) is 1.95. The Bertz CT molecular complexity index is 662. The smallest absolute Gasteiger partial charge is 0.289 e. The van der Waals surface area contributed by atoms with E-state index in [4.69, 9.17) is 9.47 Å². The average molecular weight is 303 g/mol. The zero-order valence-electron chi connectivity index (χ0n) is 12.5. The predicted molar refractivity (Wildman–Crippen MR) is 85.7 cm³/mol. The molecular weight excluding hydrogens is 284 g/mol. The zero-order chi connectivity index (χ0) is 15.2. The molecule has 0 fully saturated rings. The van der Waals surface area contributed by atoms with Crippen molar-refractivity contribution in [1.29, 1.82) is 0 Å². The van der Waals surface area contributed by atoms with E-state index in [2.05, 4.69) is 11.7 Å². The molecule has 5 heteroatoms. The van der Waals surface area contributed by atoms with Gasteiger partial charge in [0.05, 0.1) is 14.2 Å². The van der Waals surface area contributed by atoms with Gasteiger partial charge in [0.25, 0.3) is 5.01 Å². The SMILES string of the molecule is C=CC[n+]1nc(C)sc1/C=C/c1cc(OC)ccc1OC. The fourth-order valence-corrected chi connectivity index (χ4v) is 2.75. The number of nitrogens with zero attached hydrogens (tertiary/aromatic N) is 2. The summed E-state index contributed by atoms with van der Waals surface area (Å²) in [6.45, 7) is 6.45. The first kappa shape index (κ1) is 15.3. The van der Waals surface area contributed by atoms with Gasteiger partial charge in [-0.15, -0.1) is 0 Å². The lowest BCUT2D eigenvalue weighted by Crippen LogP contribution is -2.37. The van der Waals surface area contributed by atoms with Crippen LogP contribution < -0.4 is 14.2 Å². The van der Waals surface area contributed by atoms with Gasteiger partial charge < -0.3 is 9.47 Å². The molecule has 0 aliphatic rings. The van der Waals surface area contributed by atoms with Crippen LogP contribution in [0.3, 0.4) is 0 Å². The maximum absolute atomic E-state index is 5.37. The second-order valence-electron chi connectivity index (χ2n) is 4.37. The van der Waals surface area contributed by atoms with Gasteiger partial charge in [0.1, 0.15) is 11.5 Å². The summed E-state index contributed by atoms with van der Waals surface area (Å²) in [7, 11) is 3.31. The lowest BCUT2D eigenvalue weighted by molar-refractivity contribution is -0.741. The number of rotatable bonds is 6. The number of allylic oxidation sites excluding steroid dienone is 1. The van der Waals surface area contributed by atoms with Crippen LogP contribution >= 0.6 is 11.3 Å². The van der Waals surface area contributed by atoms with E-state index in [0.717, 1.165) is 27.1 Å². The van der Waals surface area contributed by atoms with Crippen LogP contribution in [0.1, 0.15) is 15.6 Å². The van der Waals surface area contributed by atoms with Crippen LogP contribution in [-0.2, 0) is 6.54 Å². The molecule has 110 valence electrons. The number of aromatic nitrogens is 2. The minimum absolute atomic E-state index is 0.694. The molecule has 0 bridgehead atoms. The van der Waals surface area contributed by atoms with E-state index in [1.807, 2.05) is 48.0 Å². The summed E-state index contributed by atoms with van der Waals surface area (Å²) in [5, 5.41) is 6.53. The van der Waals surface area contributed by atoms with Crippen LogP contribution in [0.2, 0.25) is 0 Å². The van der Waals surface area contributed by atoms with Crippen LogP contribution in [0, 0.1) is 6.92 Å². The van der Waals surface area contributed by atoms with Gasteiger partial charge in [-0.05, 0) is 48.6 Å². The van der Waals surface area contributed by atoms with E-state index in [9.17, 15) is 0 Å². The van der Waals surface area contributed by atoms with Gasteiger partial charge in [-0.1, -0.05) is 11.3 Å². The second kappa shape index (κ2) is 7.04. The first-order chi connectivity index (χ1) is 10.2. The fraction of sp³-hybridized carbons (Fsp3) is 0.250. The monoisotopic (exact) mass is 303 g/mol. The van der Waals surface area contributed by atoms with Gasteiger partial charge in [-0.25, -0.2) is 0 Å². The molecule has 0 saturated carbocycles. The lowest BCUT2D eigenvalue weighted by atomic mass is 10.1. The summed E-state index contributed by atoms with van der Waals surface area (Å²) in [6, 6.07) is 5.72. The van der Waals surface area contributed by atoms with Crippen molar-refractivity contribution in [2.45, 2.75) is 13.5 Å². The summed E-state index contributed by atoms with van der Waals surface area (Å²) in [5.74, 6) is 1.61. The van der Waals surface area contributed by atoms with Gasteiger partial charge in [0, 0.05) is 16.7 Å². The minimum Gasteiger partial charge on any atom is -0.497 e. The van der Waals surface area contributed by atoms with Gasteiger partial charge in [0.2, 0.25) is 0 Å². The molecule has 0 atom stereocenters. The molecule has 0 unspecified atom stereocenters. The van der Waals surface area contributed by atoms with Crippen molar-refractivity contribution < 1.29 is 14.2 Å². The highest BCUT2D eigenvalue weighted by molar-refractivity contribution is 7.11. The number of methoxy groups -OCH3 is 2. The summed E-state index contributed by atoms with van der Waals surface area (Å²) in [4.78, 5) is 0. The van der Waals surface area contributed by atoms with Crippen molar-refractivity contribution in [1.82, 2.24) is 5.10 Å². The lowest BCUT2D eigenvalue weighted by Gasteiger charge is -2.06. The molecule has 0 aliphatic heterocycles. The molecule has 1 aromatic heterocycles. The molecule has 2 aromatic rings. The van der Waals surface area contributed by atoms with Crippen LogP contribution in [-0.4, -0.2) is 19.3 Å². The van der Waals surface area contributed by atoms with Gasteiger partial charge in [-0.2, -0.15) is 0 Å². The number of hydrogen-bond acceptors (Lipinski definition) is 4. The van der Waals surface area contributed by atoms with Crippen molar-refractivity contribution in [2.75, 3.05) is 14.2 Å². The molecule has 4 nitrogen and oxygen atoms in total. The van der Waals surface area contributed by atoms with E-state index in [0.29, 0.717) is 6.54 Å². The third kappa shape index (κ3) is 3.70. The second-order valence-corrected chi connectivity index (χ2v) is 5.58. The van der Waals surface area contributed by atoms with Gasteiger partial charge >= 0.3 is 0 Å². The molecule has 0 spiro atoms. The van der Waals surface area contributed by atoms with Crippen molar-refractivity contribution in [3.8, 4) is 11.5 Å². The third-order valence-corrected chi connectivity index (χ3v) is 3.85. The Kier molecular flexibility index (Phi) is 5.11. The molecule has 21 heavy (non-hydrogen) atoms. The molecule has 1 aromatic carbocycles. The third-order valence-electron chi connectivity index (χ3n) is 2.91. The Morgan fingerprint density at radius 1 is 1.29 bits per heavy atom. The van der Waals surface area contributed by atoms with Gasteiger partial charge in [-0.3, -0.25) is 0 Å². The van der Waals surface area contributed by atoms with Crippen LogP contribution in [0.5, 0.6) is 11.5 Å². The Labute approximate surface area is 129 Å². The van der Waals surface area contributed by atoms with E-state index in [1.165, 1.54) is 0 Å². The highest BCUT2D eigenvalue weighted by atomic mass is 32.1. The molecule has 0 N–H and O–H groups in total. The molecular formula is C16H19N2O2S+. The van der Waals surface area contributed by atoms with E-state index in [1.54, 1.807) is 25.6 Å². The number of hydrogen-bond donors (Lipinski definition) is 0. The van der Waals surface area contributed by atoms with Crippen molar-refractivity contribution in [2.24, 2.45) is 0 Å². The topological polar surface area (TPSA) is 35.2 Å². The maximum Gasteiger partial charge on any atom is 0.289 e. The van der Waals surface area contributed by atoms with E-state index < -0.39 is 0 Å². The van der Waals surface area contributed by atoms with Crippen molar-refractivity contribution in [3.05, 3.63) is 46.4 Å². The average Bonchev–Trinajstić information content (AvgIpc) is 2.85. The summed E-state index contributed by atoms with van der Waals surface area (Å²) < 4.78 is 12.6. The first-order valence-corrected chi connectivity index (χ1v) is 7.38. The summed E-state index contributed by atoms with van der Waals surface area (Å²) >= 11 is 1.64. The zero-order valence-corrected chi connectivity index (χ0v) is 13.3. The molecule has 0 radical (unpaired) electrons. The van der Waals surface area contributed by atoms with Crippen LogP contribution in [0.4, 0.5) is 0 Å². The Balaban J connectivity index is 2.34. The van der Waals surface area contributed by atoms with E-state index in [-0.39, 0.29) is 0 Å². The van der Waals surface area contributed by atoms with Crippen LogP contribution in [0.25, 0.3) is 12.2 Å². The summed E-state index contributed by atoms with van der Waals surface area (Å²) in [6.07, 6.45) is 5.88. The molecule has 2 rings (SSSR count). The standard InChI is InChI=1S/C16H19N2O2S/c1-5-10-18-16(21-12(2)17-18)9-6-13-11-14(19-3)7-8-15(13)20-4/h5-9,11H,1,10H2,2-4H3/q+1/b9-6+. The van der Waals surface area contributed by atoms with Crippen molar-refractivity contribution >= 4 is 23.5 Å². The van der Waals surface area contributed by atoms with Crippen LogP contribution in [0.15, 0.2) is 30.9 Å². The van der Waals surface area contributed by atoms with E-state index >= 15 is 0 Å². The number of aryl methyl sites for hydroxylation is 1.